The van der Waals surface area contributed by atoms with Crippen molar-refractivity contribution in [2.24, 2.45) is 5.92 Å². The van der Waals surface area contributed by atoms with Gasteiger partial charge >= 0.3 is 0 Å². The monoisotopic (exact) mass is 551 g/mol. The van der Waals surface area contributed by atoms with Crippen molar-refractivity contribution in [3.8, 4) is 5.69 Å². The van der Waals surface area contributed by atoms with Crippen LogP contribution >= 0.6 is 12.2 Å². The van der Waals surface area contributed by atoms with Crippen LogP contribution in [0.4, 0.5) is 11.4 Å². The van der Waals surface area contributed by atoms with E-state index in [0.29, 0.717) is 5.11 Å². The number of benzene rings is 2. The quantitative estimate of drug-likeness (QED) is 0.249. The first-order valence-corrected chi connectivity index (χ1v) is 14.2. The highest BCUT2D eigenvalue weighted by Gasteiger charge is 2.42. The molecule has 0 radical (unpaired) electrons. The number of nitrogens with zero attached hydrogens (tertiary/aromatic N) is 3. The summed E-state index contributed by atoms with van der Waals surface area (Å²) in [6.07, 6.45) is 1.83. The van der Waals surface area contributed by atoms with Crippen molar-refractivity contribution in [1.29, 1.82) is 0 Å². The Hall–Kier alpha value is -3.97. The van der Waals surface area contributed by atoms with E-state index in [0.717, 1.165) is 22.6 Å². The van der Waals surface area contributed by atoms with E-state index in [4.69, 9.17) is 17.2 Å². The van der Waals surface area contributed by atoms with Crippen molar-refractivity contribution in [2.45, 2.75) is 60.5 Å². The maximum atomic E-state index is 12.4. The van der Waals surface area contributed by atoms with E-state index in [1.54, 1.807) is 0 Å². The minimum absolute atomic E-state index is 0.00115. The number of carbonyl (C=O) groups is 1. The van der Waals surface area contributed by atoms with Crippen LogP contribution in [0.25, 0.3) is 5.69 Å². The molecule has 1 amide bonds. The van der Waals surface area contributed by atoms with Crippen LogP contribution in [0.2, 0.25) is 0 Å². The van der Waals surface area contributed by atoms with Crippen LogP contribution in [-0.4, -0.2) is 20.6 Å². The van der Waals surface area contributed by atoms with E-state index in [2.05, 4.69) is 84.2 Å². The van der Waals surface area contributed by atoms with Gasteiger partial charge in [0.15, 0.2) is 5.11 Å². The van der Waals surface area contributed by atoms with Gasteiger partial charge in [-0.15, -0.1) is 0 Å². The highest BCUT2D eigenvalue weighted by atomic mass is 32.1. The average Bonchev–Trinajstić information content (AvgIpc) is 3.41. The van der Waals surface area contributed by atoms with Gasteiger partial charge in [0.05, 0.1) is 23.5 Å². The molecule has 1 aliphatic rings. The van der Waals surface area contributed by atoms with Gasteiger partial charge in [-0.3, -0.25) is 9.78 Å². The third kappa shape index (κ3) is 4.90. The molecule has 2 aromatic heterocycles. The Balaban J connectivity index is 1.65. The van der Waals surface area contributed by atoms with E-state index in [9.17, 15) is 4.79 Å². The summed E-state index contributed by atoms with van der Waals surface area (Å²) in [4.78, 5) is 19.3. The fourth-order valence-electron chi connectivity index (χ4n) is 5.75. The second kappa shape index (κ2) is 10.9. The van der Waals surface area contributed by atoms with Gasteiger partial charge in [-0.1, -0.05) is 38.1 Å². The number of aromatic nitrogens is 2. The van der Waals surface area contributed by atoms with Gasteiger partial charge in [0, 0.05) is 34.9 Å². The van der Waals surface area contributed by atoms with Gasteiger partial charge in [0.1, 0.15) is 0 Å². The Morgan fingerprint density at radius 3 is 2.30 bits per heavy atom. The molecule has 7 heteroatoms. The van der Waals surface area contributed by atoms with E-state index in [-0.39, 0.29) is 23.9 Å². The van der Waals surface area contributed by atoms with Gasteiger partial charge in [0.2, 0.25) is 5.91 Å². The zero-order valence-electron chi connectivity index (χ0n) is 24.2. The number of hydrogen-bond acceptors (Lipinski definition) is 3. The molecule has 40 heavy (non-hydrogen) atoms. The Kier molecular flexibility index (Phi) is 7.51. The molecule has 206 valence electrons. The molecule has 2 atom stereocenters. The smallest absolute Gasteiger partial charge is 0.226 e. The first kappa shape index (κ1) is 27.6. The van der Waals surface area contributed by atoms with Crippen molar-refractivity contribution in [2.75, 3.05) is 10.2 Å². The van der Waals surface area contributed by atoms with Crippen molar-refractivity contribution in [3.63, 3.8) is 0 Å². The lowest BCUT2D eigenvalue weighted by atomic mass is 9.96. The second-order valence-electron chi connectivity index (χ2n) is 11.0. The zero-order chi connectivity index (χ0) is 28.7. The SMILES string of the molecule is Cc1cc(N2C(=S)N[C@H](c3ccccn3)[C@H]2c2cc(C)n(-c3c(C)cccc3C)c2C)ccc1NC(=O)C(C)C. The number of carbonyl (C=O) groups excluding carboxylic acids is 1. The predicted molar refractivity (Wildman–Crippen MR) is 167 cm³/mol. The normalized spacial score (nSPS) is 16.9. The first-order valence-electron chi connectivity index (χ1n) is 13.8. The summed E-state index contributed by atoms with van der Waals surface area (Å²) in [6.45, 7) is 14.5. The number of pyridine rings is 1. The molecule has 2 N–H and O–H groups in total. The molecule has 3 heterocycles. The van der Waals surface area contributed by atoms with Crippen LogP contribution in [0.15, 0.2) is 66.9 Å². The van der Waals surface area contributed by atoms with Crippen molar-refractivity contribution >= 4 is 34.6 Å². The Morgan fingerprint density at radius 1 is 0.950 bits per heavy atom. The summed E-state index contributed by atoms with van der Waals surface area (Å²) < 4.78 is 2.37. The van der Waals surface area contributed by atoms with Crippen LogP contribution in [0.1, 0.15) is 65.3 Å². The summed E-state index contributed by atoms with van der Waals surface area (Å²) in [5.41, 5.74) is 10.9. The maximum absolute atomic E-state index is 12.4. The molecule has 0 saturated carbocycles. The van der Waals surface area contributed by atoms with Crippen molar-refractivity contribution in [3.05, 3.63) is 106 Å². The van der Waals surface area contributed by atoms with E-state index in [1.807, 2.05) is 51.2 Å². The maximum Gasteiger partial charge on any atom is 0.226 e. The zero-order valence-corrected chi connectivity index (χ0v) is 25.1. The molecule has 0 unspecified atom stereocenters. The molecule has 0 spiro atoms. The van der Waals surface area contributed by atoms with Crippen molar-refractivity contribution < 1.29 is 4.79 Å². The molecule has 4 aromatic rings. The first-order chi connectivity index (χ1) is 19.1. The number of nitrogens with one attached hydrogen (secondary N) is 2. The van der Waals surface area contributed by atoms with Crippen LogP contribution < -0.4 is 15.5 Å². The number of anilines is 2. The highest BCUT2D eigenvalue weighted by molar-refractivity contribution is 7.80. The molecule has 2 aromatic carbocycles. The molecule has 1 saturated heterocycles. The van der Waals surface area contributed by atoms with Crippen LogP contribution in [0, 0.1) is 40.5 Å². The summed E-state index contributed by atoms with van der Waals surface area (Å²) in [5.74, 6) is -0.0914. The Morgan fingerprint density at radius 2 is 1.68 bits per heavy atom. The average molecular weight is 552 g/mol. The topological polar surface area (TPSA) is 62.2 Å². The fourth-order valence-corrected chi connectivity index (χ4v) is 6.10. The molecule has 1 fully saturated rings. The number of aryl methyl sites for hydroxylation is 4. The molecular formula is C33H37N5OS. The number of hydrogen-bond donors (Lipinski definition) is 2. The van der Waals surface area contributed by atoms with Crippen molar-refractivity contribution in [1.82, 2.24) is 14.9 Å². The van der Waals surface area contributed by atoms with E-state index < -0.39 is 0 Å². The molecular weight excluding hydrogens is 514 g/mol. The summed E-state index contributed by atoms with van der Waals surface area (Å²) >= 11 is 5.99. The third-order valence-corrected chi connectivity index (χ3v) is 8.14. The Labute approximate surface area is 242 Å². The van der Waals surface area contributed by atoms with Gasteiger partial charge < -0.3 is 20.1 Å². The highest BCUT2D eigenvalue weighted by Crippen LogP contribution is 2.44. The number of rotatable bonds is 6. The van der Waals surface area contributed by atoms with E-state index in [1.165, 1.54) is 33.8 Å². The minimum Gasteiger partial charge on any atom is -0.351 e. The lowest BCUT2D eigenvalue weighted by molar-refractivity contribution is -0.118. The van der Waals surface area contributed by atoms with Crippen LogP contribution in [0.3, 0.4) is 0 Å². The van der Waals surface area contributed by atoms with Crippen LogP contribution in [-0.2, 0) is 4.79 Å². The van der Waals surface area contributed by atoms with Gasteiger partial charge in [-0.05, 0) is 105 Å². The molecule has 0 bridgehead atoms. The standard InChI is InChI=1S/C33H37N5OS/c1-19(2)32(39)35-27-15-14-25(17-22(27)5)38-31(29(36-33(38)40)28-13-8-9-16-34-28)26-18-23(6)37(24(26)7)30-20(3)11-10-12-21(30)4/h8-19,29,31H,1-7H3,(H,35,39)(H,36,40)/t29-,31-/m1/s1. The fraction of sp³-hybridized carbons (Fsp3) is 0.303. The van der Waals surface area contributed by atoms with Gasteiger partial charge in [-0.25, -0.2) is 0 Å². The molecule has 5 rings (SSSR count). The van der Waals surface area contributed by atoms with E-state index >= 15 is 0 Å². The number of thiocarbonyl (C=S) groups is 1. The summed E-state index contributed by atoms with van der Waals surface area (Å²) in [6, 6.07) is 20.6. The Bertz CT molecular complexity index is 1570. The lowest BCUT2D eigenvalue weighted by Crippen LogP contribution is -2.29. The molecule has 6 nitrogen and oxygen atoms in total. The number of para-hydroxylation sites is 1. The largest absolute Gasteiger partial charge is 0.351 e. The van der Waals surface area contributed by atoms with Crippen LogP contribution in [0.5, 0.6) is 0 Å². The molecule has 0 aliphatic carbocycles. The van der Waals surface area contributed by atoms with Gasteiger partial charge in [-0.2, -0.15) is 0 Å². The lowest BCUT2D eigenvalue weighted by Gasteiger charge is -2.29. The summed E-state index contributed by atoms with van der Waals surface area (Å²) in [5, 5.41) is 7.28. The van der Waals surface area contributed by atoms with Gasteiger partial charge in [0.25, 0.3) is 0 Å². The number of amides is 1. The summed E-state index contributed by atoms with van der Waals surface area (Å²) in [7, 11) is 0. The second-order valence-corrected chi connectivity index (χ2v) is 11.4. The predicted octanol–water partition coefficient (Wildman–Crippen LogP) is 7.19. The minimum atomic E-state index is -0.138. The third-order valence-electron chi connectivity index (χ3n) is 7.82. The molecule has 1 aliphatic heterocycles.